The molecule has 21 heavy (non-hydrogen) atoms. The summed E-state index contributed by atoms with van der Waals surface area (Å²) >= 11 is 1.63. The molecular weight excluding hydrogens is 290 g/mol. The second-order valence-electron chi connectivity index (χ2n) is 4.33. The molecule has 0 atom stereocenters. The molecule has 0 bridgehead atoms. The summed E-state index contributed by atoms with van der Waals surface area (Å²) in [6.07, 6.45) is 2.19. The fourth-order valence-corrected chi connectivity index (χ4v) is 2.40. The van der Waals surface area contributed by atoms with Crippen molar-refractivity contribution in [3.05, 3.63) is 52.0 Å². The number of aromatic nitrogens is 1. The molecule has 0 aromatic carbocycles. The molecule has 0 radical (unpaired) electrons. The first-order valence-corrected chi connectivity index (χ1v) is 7.30. The summed E-state index contributed by atoms with van der Waals surface area (Å²) < 4.78 is 0. The SMILES string of the molecule is O=C(NCCc1ccsc1)NCc1cc(C(=O)O)ccn1. The monoisotopic (exact) mass is 305 g/mol. The van der Waals surface area contributed by atoms with E-state index in [9.17, 15) is 9.59 Å². The molecule has 2 aromatic heterocycles. The number of thiophene rings is 1. The maximum Gasteiger partial charge on any atom is 0.335 e. The quantitative estimate of drug-likeness (QED) is 0.760. The first-order valence-electron chi connectivity index (χ1n) is 6.36. The van der Waals surface area contributed by atoms with Crippen LogP contribution < -0.4 is 10.6 Å². The molecule has 110 valence electrons. The Kier molecular flexibility index (Phi) is 5.28. The number of nitrogens with one attached hydrogen (secondary N) is 2. The minimum atomic E-state index is -1.01. The summed E-state index contributed by atoms with van der Waals surface area (Å²) in [5, 5.41) is 18.3. The van der Waals surface area contributed by atoms with E-state index >= 15 is 0 Å². The molecule has 0 saturated carbocycles. The molecular formula is C14H15N3O3S. The van der Waals surface area contributed by atoms with Crippen LogP contribution >= 0.6 is 11.3 Å². The highest BCUT2D eigenvalue weighted by molar-refractivity contribution is 7.07. The van der Waals surface area contributed by atoms with Gasteiger partial charge in [0.15, 0.2) is 0 Å². The Morgan fingerprint density at radius 2 is 2.14 bits per heavy atom. The first kappa shape index (κ1) is 15.0. The third-order valence-corrected chi connectivity index (χ3v) is 3.50. The van der Waals surface area contributed by atoms with Crippen molar-refractivity contribution in [3.63, 3.8) is 0 Å². The number of carboxylic acid groups (broad SMARTS) is 1. The van der Waals surface area contributed by atoms with Crippen LogP contribution in [-0.2, 0) is 13.0 Å². The lowest BCUT2D eigenvalue weighted by atomic mass is 10.2. The second-order valence-corrected chi connectivity index (χ2v) is 5.11. The van der Waals surface area contributed by atoms with Gasteiger partial charge in [-0.15, -0.1) is 0 Å². The van der Waals surface area contributed by atoms with Gasteiger partial charge in [-0.2, -0.15) is 11.3 Å². The van der Waals surface area contributed by atoms with Crippen LogP contribution in [0.1, 0.15) is 21.6 Å². The summed E-state index contributed by atoms with van der Waals surface area (Å²) in [7, 11) is 0. The standard InChI is InChI=1S/C14H15N3O3S/c18-13(19)11-2-5-15-12(7-11)8-17-14(20)16-4-1-10-3-6-21-9-10/h2-3,5-7,9H,1,4,8H2,(H,18,19)(H2,16,17,20). The van der Waals surface area contributed by atoms with Crippen LogP contribution in [0.15, 0.2) is 35.2 Å². The molecule has 7 heteroatoms. The molecule has 2 amide bonds. The van der Waals surface area contributed by atoms with Crippen LogP contribution in [0.25, 0.3) is 0 Å². The number of hydrogen-bond donors (Lipinski definition) is 3. The van der Waals surface area contributed by atoms with E-state index in [4.69, 9.17) is 5.11 Å². The van der Waals surface area contributed by atoms with Crippen molar-refractivity contribution in [1.29, 1.82) is 0 Å². The minimum Gasteiger partial charge on any atom is -0.478 e. The number of amides is 2. The van der Waals surface area contributed by atoms with Crippen LogP contribution in [0.5, 0.6) is 0 Å². The molecule has 0 saturated heterocycles. The van der Waals surface area contributed by atoms with Crippen LogP contribution in [0, 0.1) is 0 Å². The number of carbonyl (C=O) groups excluding carboxylic acids is 1. The van der Waals surface area contributed by atoms with Crippen molar-refractivity contribution < 1.29 is 14.7 Å². The van der Waals surface area contributed by atoms with Crippen molar-refractivity contribution in [2.75, 3.05) is 6.54 Å². The van der Waals surface area contributed by atoms with Crippen LogP contribution in [0.2, 0.25) is 0 Å². The van der Waals surface area contributed by atoms with Crippen LogP contribution in [0.3, 0.4) is 0 Å². The zero-order valence-corrected chi connectivity index (χ0v) is 12.0. The maximum atomic E-state index is 11.6. The van der Waals surface area contributed by atoms with Gasteiger partial charge in [0.2, 0.25) is 0 Å². The number of aromatic carboxylic acids is 1. The number of nitrogens with zero attached hydrogens (tertiary/aromatic N) is 1. The molecule has 6 nitrogen and oxygen atoms in total. The number of rotatable bonds is 6. The molecule has 2 aromatic rings. The zero-order valence-electron chi connectivity index (χ0n) is 11.2. The molecule has 0 aliphatic carbocycles. The Bertz CT molecular complexity index is 614. The van der Waals surface area contributed by atoms with Crippen LogP contribution in [-0.4, -0.2) is 28.6 Å². The van der Waals surface area contributed by atoms with E-state index in [1.165, 1.54) is 23.9 Å². The van der Waals surface area contributed by atoms with Crippen molar-refractivity contribution in [2.45, 2.75) is 13.0 Å². The second kappa shape index (κ2) is 7.39. The van der Waals surface area contributed by atoms with E-state index in [0.29, 0.717) is 12.2 Å². The Morgan fingerprint density at radius 3 is 2.86 bits per heavy atom. The Labute approximate surface area is 125 Å². The third kappa shape index (κ3) is 4.88. The average Bonchev–Trinajstić information content (AvgIpc) is 2.99. The minimum absolute atomic E-state index is 0.152. The van der Waals surface area contributed by atoms with E-state index in [1.54, 1.807) is 11.3 Å². The maximum absolute atomic E-state index is 11.6. The Balaban J connectivity index is 1.73. The molecule has 2 heterocycles. The largest absolute Gasteiger partial charge is 0.478 e. The summed E-state index contributed by atoms with van der Waals surface area (Å²) in [5.74, 6) is -1.01. The zero-order chi connectivity index (χ0) is 15.1. The smallest absolute Gasteiger partial charge is 0.335 e. The summed E-state index contributed by atoms with van der Waals surface area (Å²) in [5.41, 5.74) is 1.85. The molecule has 0 aliphatic rings. The molecule has 0 unspecified atom stereocenters. The van der Waals surface area contributed by atoms with Crippen molar-refractivity contribution in [3.8, 4) is 0 Å². The Hall–Kier alpha value is -2.41. The van der Waals surface area contributed by atoms with Crippen molar-refractivity contribution >= 4 is 23.3 Å². The van der Waals surface area contributed by atoms with E-state index in [-0.39, 0.29) is 18.1 Å². The van der Waals surface area contributed by atoms with Gasteiger partial charge >= 0.3 is 12.0 Å². The molecule has 2 rings (SSSR count). The van der Waals surface area contributed by atoms with Gasteiger partial charge in [-0.05, 0) is 40.9 Å². The number of urea groups is 1. The molecule has 3 N–H and O–H groups in total. The van der Waals surface area contributed by atoms with Crippen molar-refractivity contribution in [2.24, 2.45) is 0 Å². The third-order valence-electron chi connectivity index (χ3n) is 2.77. The number of carbonyl (C=O) groups is 2. The lowest BCUT2D eigenvalue weighted by Crippen LogP contribution is -2.36. The highest BCUT2D eigenvalue weighted by Crippen LogP contribution is 2.05. The highest BCUT2D eigenvalue weighted by Gasteiger charge is 2.05. The lowest BCUT2D eigenvalue weighted by Gasteiger charge is -2.07. The van der Waals surface area contributed by atoms with E-state index in [2.05, 4.69) is 15.6 Å². The predicted octanol–water partition coefficient (Wildman–Crippen LogP) is 1.88. The van der Waals surface area contributed by atoms with Crippen molar-refractivity contribution in [1.82, 2.24) is 15.6 Å². The summed E-state index contributed by atoms with van der Waals surface area (Å²) in [4.78, 5) is 26.4. The van der Waals surface area contributed by atoms with Gasteiger partial charge in [-0.3, -0.25) is 4.98 Å². The lowest BCUT2D eigenvalue weighted by molar-refractivity contribution is 0.0696. The first-order chi connectivity index (χ1) is 10.1. The van der Waals surface area contributed by atoms with E-state index in [1.807, 2.05) is 16.8 Å². The number of hydrogen-bond acceptors (Lipinski definition) is 4. The average molecular weight is 305 g/mol. The Morgan fingerprint density at radius 1 is 1.29 bits per heavy atom. The predicted molar refractivity (Wildman–Crippen MR) is 79.5 cm³/mol. The number of pyridine rings is 1. The fraction of sp³-hybridized carbons (Fsp3) is 0.214. The van der Waals surface area contributed by atoms with Gasteiger partial charge in [0.1, 0.15) is 0 Å². The van der Waals surface area contributed by atoms with Gasteiger partial charge < -0.3 is 15.7 Å². The number of carboxylic acids is 1. The normalized spacial score (nSPS) is 10.1. The van der Waals surface area contributed by atoms with Gasteiger partial charge in [0.25, 0.3) is 0 Å². The highest BCUT2D eigenvalue weighted by atomic mass is 32.1. The molecule has 0 spiro atoms. The summed E-state index contributed by atoms with van der Waals surface area (Å²) in [6.45, 7) is 0.733. The molecule has 0 fully saturated rings. The topological polar surface area (TPSA) is 91.3 Å². The summed E-state index contributed by atoms with van der Waals surface area (Å²) in [6, 6.07) is 4.57. The van der Waals surface area contributed by atoms with Gasteiger partial charge in [-0.25, -0.2) is 9.59 Å². The van der Waals surface area contributed by atoms with Gasteiger partial charge in [0.05, 0.1) is 17.8 Å². The van der Waals surface area contributed by atoms with E-state index in [0.717, 1.165) is 6.42 Å². The molecule has 0 aliphatic heterocycles. The fourth-order valence-electron chi connectivity index (χ4n) is 1.70. The van der Waals surface area contributed by atoms with Crippen LogP contribution in [0.4, 0.5) is 4.79 Å². The van der Waals surface area contributed by atoms with E-state index < -0.39 is 5.97 Å². The van der Waals surface area contributed by atoms with Gasteiger partial charge in [0, 0.05) is 12.7 Å². The van der Waals surface area contributed by atoms with Gasteiger partial charge in [-0.1, -0.05) is 0 Å².